The van der Waals surface area contributed by atoms with Gasteiger partial charge in [-0.3, -0.25) is 9.78 Å². The third-order valence-corrected chi connectivity index (χ3v) is 4.01. The molecular weight excluding hydrogens is 326 g/mol. The molecule has 3 rings (SSSR count). The van der Waals surface area contributed by atoms with Gasteiger partial charge in [-0.15, -0.1) is 0 Å². The highest BCUT2D eigenvalue weighted by molar-refractivity contribution is 6.05. The minimum absolute atomic E-state index is 0.178. The number of benzene rings is 2. The van der Waals surface area contributed by atoms with Gasteiger partial charge >= 0.3 is 0 Å². The molecule has 0 saturated heterocycles. The highest BCUT2D eigenvalue weighted by Gasteiger charge is 2.21. The van der Waals surface area contributed by atoms with Crippen LogP contribution >= 0.6 is 0 Å². The van der Waals surface area contributed by atoms with E-state index in [2.05, 4.69) is 10.3 Å². The molecule has 1 heterocycles. The standard InChI is InChI=1S/C19H16F2N2O2/c1-11(18(24)13-6-7-15(20)16(21)10-13)23-19(25)17-14-5-3-2-4-12(14)8-9-22-17/h2-11,18,24H,1H3,(H,23,25). The molecule has 128 valence electrons. The number of amides is 1. The van der Waals surface area contributed by atoms with Gasteiger partial charge in [0.25, 0.3) is 5.91 Å². The van der Waals surface area contributed by atoms with Crippen LogP contribution in [0.4, 0.5) is 8.78 Å². The van der Waals surface area contributed by atoms with Gasteiger partial charge in [-0.25, -0.2) is 8.78 Å². The van der Waals surface area contributed by atoms with Crippen LogP contribution in [0.1, 0.15) is 29.1 Å². The highest BCUT2D eigenvalue weighted by atomic mass is 19.2. The molecule has 2 atom stereocenters. The highest BCUT2D eigenvalue weighted by Crippen LogP contribution is 2.21. The summed E-state index contributed by atoms with van der Waals surface area (Å²) in [5.74, 6) is -2.50. The lowest BCUT2D eigenvalue weighted by molar-refractivity contribution is 0.0848. The molecule has 0 bridgehead atoms. The molecule has 2 aromatic carbocycles. The topological polar surface area (TPSA) is 62.2 Å². The minimum Gasteiger partial charge on any atom is -0.386 e. The number of aromatic nitrogens is 1. The Morgan fingerprint density at radius 3 is 2.64 bits per heavy atom. The molecule has 0 aliphatic heterocycles. The number of hydrogen-bond donors (Lipinski definition) is 2. The van der Waals surface area contributed by atoms with E-state index in [1.807, 2.05) is 12.1 Å². The predicted octanol–water partition coefficient (Wildman–Crippen LogP) is 3.36. The molecule has 0 fully saturated rings. The third kappa shape index (κ3) is 3.49. The Bertz CT molecular complexity index is 925. The number of carbonyl (C=O) groups is 1. The summed E-state index contributed by atoms with van der Waals surface area (Å²) in [4.78, 5) is 16.6. The van der Waals surface area contributed by atoms with Crippen LogP contribution in [0.3, 0.4) is 0 Å². The number of aliphatic hydroxyl groups is 1. The minimum atomic E-state index is -1.19. The van der Waals surface area contributed by atoms with Crippen molar-refractivity contribution in [2.75, 3.05) is 0 Å². The zero-order chi connectivity index (χ0) is 18.0. The first-order valence-electron chi connectivity index (χ1n) is 7.75. The number of aliphatic hydroxyl groups excluding tert-OH is 1. The quantitative estimate of drug-likeness (QED) is 0.764. The lowest BCUT2D eigenvalue weighted by Gasteiger charge is -2.21. The summed E-state index contributed by atoms with van der Waals surface area (Å²) in [6.07, 6.45) is 0.349. The van der Waals surface area contributed by atoms with Gasteiger partial charge in [0.05, 0.1) is 12.1 Å². The zero-order valence-corrected chi connectivity index (χ0v) is 13.4. The van der Waals surface area contributed by atoms with Crippen molar-refractivity contribution in [1.29, 1.82) is 0 Å². The predicted molar refractivity (Wildman–Crippen MR) is 90.0 cm³/mol. The number of nitrogens with zero attached hydrogens (tertiary/aromatic N) is 1. The Kier molecular flexibility index (Phi) is 4.72. The molecule has 0 saturated carbocycles. The summed E-state index contributed by atoms with van der Waals surface area (Å²) in [7, 11) is 0. The molecule has 0 aliphatic rings. The van der Waals surface area contributed by atoms with Gasteiger partial charge in [-0.2, -0.15) is 0 Å². The molecule has 0 radical (unpaired) electrons. The van der Waals surface area contributed by atoms with Gasteiger partial charge in [0.15, 0.2) is 11.6 Å². The van der Waals surface area contributed by atoms with Crippen LogP contribution in [-0.2, 0) is 0 Å². The molecule has 4 nitrogen and oxygen atoms in total. The fourth-order valence-corrected chi connectivity index (χ4v) is 2.64. The van der Waals surface area contributed by atoms with Crippen LogP contribution in [0, 0.1) is 11.6 Å². The smallest absolute Gasteiger partial charge is 0.270 e. The Hall–Kier alpha value is -2.86. The summed E-state index contributed by atoms with van der Waals surface area (Å²) in [5.41, 5.74) is 0.417. The first-order valence-corrected chi connectivity index (χ1v) is 7.75. The largest absolute Gasteiger partial charge is 0.386 e. The van der Waals surface area contributed by atoms with Crippen LogP contribution in [-0.4, -0.2) is 22.0 Å². The average Bonchev–Trinajstić information content (AvgIpc) is 2.62. The van der Waals surface area contributed by atoms with Gasteiger partial charge < -0.3 is 10.4 Å². The van der Waals surface area contributed by atoms with E-state index in [0.29, 0.717) is 5.39 Å². The maximum absolute atomic E-state index is 13.3. The molecule has 6 heteroatoms. The Morgan fingerprint density at radius 2 is 1.88 bits per heavy atom. The number of carbonyl (C=O) groups excluding carboxylic acids is 1. The van der Waals surface area contributed by atoms with Gasteiger partial charge in [0.2, 0.25) is 0 Å². The van der Waals surface area contributed by atoms with Crippen LogP contribution in [0.15, 0.2) is 54.7 Å². The van der Waals surface area contributed by atoms with Gasteiger partial charge in [-0.05, 0) is 36.1 Å². The summed E-state index contributed by atoms with van der Waals surface area (Å²) >= 11 is 0. The summed E-state index contributed by atoms with van der Waals surface area (Å²) in [5, 5.41) is 14.5. The first kappa shape index (κ1) is 17.0. The van der Waals surface area contributed by atoms with Crippen molar-refractivity contribution in [2.45, 2.75) is 19.1 Å². The number of rotatable bonds is 4. The molecular formula is C19H16F2N2O2. The van der Waals surface area contributed by atoms with E-state index in [0.717, 1.165) is 17.5 Å². The number of fused-ring (bicyclic) bond motifs is 1. The molecule has 2 N–H and O–H groups in total. The van der Waals surface area contributed by atoms with Gasteiger partial charge in [0, 0.05) is 11.6 Å². The SMILES string of the molecule is CC(NC(=O)c1nccc2ccccc12)C(O)c1ccc(F)c(F)c1. The number of pyridine rings is 1. The monoisotopic (exact) mass is 342 g/mol. The molecule has 2 unspecified atom stereocenters. The molecule has 3 aromatic rings. The van der Waals surface area contributed by atoms with Crippen molar-refractivity contribution in [2.24, 2.45) is 0 Å². The zero-order valence-electron chi connectivity index (χ0n) is 13.4. The van der Waals surface area contributed by atoms with E-state index < -0.39 is 29.7 Å². The molecule has 0 spiro atoms. The fourth-order valence-electron chi connectivity index (χ4n) is 2.64. The second-order valence-electron chi connectivity index (χ2n) is 5.76. The molecule has 0 aliphatic carbocycles. The maximum atomic E-state index is 13.3. The lowest BCUT2D eigenvalue weighted by Crippen LogP contribution is -2.37. The first-order chi connectivity index (χ1) is 12.0. The Balaban J connectivity index is 1.80. The lowest BCUT2D eigenvalue weighted by atomic mass is 10.0. The normalized spacial score (nSPS) is 13.4. The third-order valence-electron chi connectivity index (χ3n) is 4.01. The summed E-state index contributed by atoms with van der Waals surface area (Å²) in [6.45, 7) is 1.58. The van der Waals surface area contributed by atoms with E-state index in [1.54, 1.807) is 25.1 Å². The van der Waals surface area contributed by atoms with Crippen LogP contribution < -0.4 is 5.32 Å². The van der Waals surface area contributed by atoms with E-state index in [4.69, 9.17) is 0 Å². The summed E-state index contributed by atoms with van der Waals surface area (Å²) < 4.78 is 26.3. The van der Waals surface area contributed by atoms with Crippen LogP contribution in [0.2, 0.25) is 0 Å². The summed E-state index contributed by atoms with van der Waals surface area (Å²) in [6, 6.07) is 11.5. The number of hydrogen-bond acceptors (Lipinski definition) is 3. The van der Waals surface area contributed by atoms with Crippen LogP contribution in [0.25, 0.3) is 10.8 Å². The van der Waals surface area contributed by atoms with Gasteiger partial charge in [-0.1, -0.05) is 30.3 Å². The van der Waals surface area contributed by atoms with E-state index in [1.165, 1.54) is 12.3 Å². The Labute approximate surface area is 143 Å². The van der Waals surface area contributed by atoms with E-state index in [-0.39, 0.29) is 11.3 Å². The van der Waals surface area contributed by atoms with Crippen molar-refractivity contribution in [3.8, 4) is 0 Å². The molecule has 25 heavy (non-hydrogen) atoms. The second-order valence-corrected chi connectivity index (χ2v) is 5.76. The average molecular weight is 342 g/mol. The fraction of sp³-hybridized carbons (Fsp3) is 0.158. The van der Waals surface area contributed by atoms with Gasteiger partial charge in [0.1, 0.15) is 5.69 Å². The van der Waals surface area contributed by atoms with E-state index in [9.17, 15) is 18.7 Å². The number of halogens is 2. The van der Waals surface area contributed by atoms with Crippen molar-refractivity contribution >= 4 is 16.7 Å². The van der Waals surface area contributed by atoms with Crippen molar-refractivity contribution in [1.82, 2.24) is 10.3 Å². The second kappa shape index (κ2) is 6.94. The van der Waals surface area contributed by atoms with E-state index >= 15 is 0 Å². The van der Waals surface area contributed by atoms with Crippen LogP contribution in [0.5, 0.6) is 0 Å². The van der Waals surface area contributed by atoms with Crippen molar-refractivity contribution < 1.29 is 18.7 Å². The van der Waals surface area contributed by atoms with Crippen molar-refractivity contribution in [3.63, 3.8) is 0 Å². The maximum Gasteiger partial charge on any atom is 0.270 e. The number of nitrogens with one attached hydrogen (secondary N) is 1. The van der Waals surface area contributed by atoms with Crippen molar-refractivity contribution in [3.05, 3.63) is 77.6 Å². The molecule has 1 amide bonds. The Morgan fingerprint density at radius 1 is 1.12 bits per heavy atom. The molecule has 1 aromatic heterocycles.